The minimum absolute atomic E-state index is 0.0431. The van der Waals surface area contributed by atoms with Gasteiger partial charge in [-0.25, -0.2) is 21.1 Å². The number of amides is 1. The molecule has 2 rings (SSSR count). The van der Waals surface area contributed by atoms with Gasteiger partial charge in [0.1, 0.15) is 6.04 Å². The Hall–Kier alpha value is -2.09. The summed E-state index contributed by atoms with van der Waals surface area (Å²) in [6.07, 6.45) is 1.42. The molecule has 1 aromatic carbocycles. The predicted octanol–water partition coefficient (Wildman–Crippen LogP) is 0.524. The first-order chi connectivity index (χ1) is 13.4. The molecule has 1 aromatic rings. The zero-order valence-electron chi connectivity index (χ0n) is 16.4. The Kier molecular flexibility index (Phi) is 6.98. The molecule has 0 saturated carbocycles. The van der Waals surface area contributed by atoms with Gasteiger partial charge in [0.15, 0.2) is 4.90 Å². The lowest BCUT2D eigenvalue weighted by Crippen LogP contribution is -2.46. The lowest BCUT2D eigenvalue weighted by Gasteiger charge is -2.23. The molecule has 1 fully saturated rings. The predicted molar refractivity (Wildman–Crippen MR) is 104 cm³/mol. The summed E-state index contributed by atoms with van der Waals surface area (Å²) in [5, 5.41) is 14.2. The summed E-state index contributed by atoms with van der Waals surface area (Å²) in [6, 6.07) is 1.68. The van der Waals surface area contributed by atoms with Crippen LogP contribution in [0.1, 0.15) is 26.2 Å². The van der Waals surface area contributed by atoms with Crippen LogP contribution in [0, 0.1) is 10.1 Å². The van der Waals surface area contributed by atoms with Crippen LogP contribution in [0.4, 0.5) is 5.69 Å². The van der Waals surface area contributed by atoms with Gasteiger partial charge < -0.3 is 5.32 Å². The first kappa shape index (κ1) is 23.2. The molecular weight excluding hydrogens is 424 g/mol. The Morgan fingerprint density at radius 1 is 1.31 bits per heavy atom. The number of rotatable bonds is 8. The van der Waals surface area contributed by atoms with Gasteiger partial charge in [-0.15, -0.1) is 0 Å². The van der Waals surface area contributed by atoms with Crippen LogP contribution in [0.5, 0.6) is 0 Å². The topological polar surface area (TPSA) is 147 Å². The van der Waals surface area contributed by atoms with Gasteiger partial charge in [-0.1, -0.05) is 6.92 Å². The Morgan fingerprint density at radius 2 is 1.97 bits per heavy atom. The van der Waals surface area contributed by atoms with Crippen LogP contribution in [0.25, 0.3) is 0 Å². The molecule has 0 spiro atoms. The third-order valence-corrected chi connectivity index (χ3v) is 8.31. The van der Waals surface area contributed by atoms with E-state index in [1.807, 2.05) is 6.92 Å². The summed E-state index contributed by atoms with van der Waals surface area (Å²) in [6.45, 7) is 2.29. The summed E-state index contributed by atoms with van der Waals surface area (Å²) in [7, 11) is -5.87. The van der Waals surface area contributed by atoms with Gasteiger partial charge in [-0.3, -0.25) is 14.9 Å². The Balaban J connectivity index is 2.52. The van der Waals surface area contributed by atoms with Crippen LogP contribution in [-0.4, -0.2) is 69.5 Å². The fraction of sp³-hybridized carbons (Fsp3) is 0.562. The highest BCUT2D eigenvalue weighted by atomic mass is 32.2. The van der Waals surface area contributed by atoms with Gasteiger partial charge in [0.2, 0.25) is 15.9 Å². The molecule has 0 aromatic heterocycles. The molecule has 1 N–H and O–H groups in total. The number of hydrogen-bond acceptors (Lipinski definition) is 7. The molecule has 29 heavy (non-hydrogen) atoms. The van der Waals surface area contributed by atoms with Crippen molar-refractivity contribution >= 4 is 31.6 Å². The van der Waals surface area contributed by atoms with E-state index in [9.17, 15) is 31.7 Å². The minimum Gasteiger partial charge on any atom is -0.355 e. The van der Waals surface area contributed by atoms with Crippen molar-refractivity contribution in [1.29, 1.82) is 0 Å². The number of hydrogen-bond donors (Lipinski definition) is 1. The number of nitro benzene ring substituents is 1. The van der Waals surface area contributed by atoms with Gasteiger partial charge in [-0.05, 0) is 31.4 Å². The highest BCUT2D eigenvalue weighted by Crippen LogP contribution is 2.33. The second-order valence-electron chi connectivity index (χ2n) is 6.74. The summed E-state index contributed by atoms with van der Waals surface area (Å²) in [4.78, 5) is 21.9. The minimum atomic E-state index is -4.39. The molecule has 0 bridgehead atoms. The van der Waals surface area contributed by atoms with Crippen molar-refractivity contribution in [3.05, 3.63) is 28.3 Å². The van der Waals surface area contributed by atoms with Crippen molar-refractivity contribution in [2.24, 2.45) is 0 Å². The summed E-state index contributed by atoms with van der Waals surface area (Å²) >= 11 is 0. The molecule has 1 amide bonds. The number of sulfonamides is 2. The summed E-state index contributed by atoms with van der Waals surface area (Å²) in [5.74, 6) is -0.456. The van der Waals surface area contributed by atoms with Gasteiger partial charge >= 0.3 is 0 Å². The monoisotopic (exact) mass is 448 g/mol. The molecule has 1 saturated heterocycles. The molecule has 1 atom stereocenters. The maximum absolute atomic E-state index is 13.1. The number of carbonyl (C=O) groups is 1. The molecule has 162 valence electrons. The third kappa shape index (κ3) is 4.57. The van der Waals surface area contributed by atoms with Crippen molar-refractivity contribution < 1.29 is 26.6 Å². The maximum atomic E-state index is 13.1. The number of carbonyl (C=O) groups excluding carboxylic acids is 1. The van der Waals surface area contributed by atoms with E-state index in [1.54, 1.807) is 0 Å². The second-order valence-corrected chi connectivity index (χ2v) is 10.7. The molecule has 1 heterocycles. The summed E-state index contributed by atoms with van der Waals surface area (Å²) < 4.78 is 52.6. The van der Waals surface area contributed by atoms with Crippen molar-refractivity contribution in [1.82, 2.24) is 13.9 Å². The van der Waals surface area contributed by atoms with E-state index in [2.05, 4.69) is 5.32 Å². The molecule has 0 unspecified atom stereocenters. The standard InChI is InChI=1S/C16H24N4O7S2/c1-4-9-17-16(21)13-6-5-10-19(13)29(26,27)15-8-7-12(11-14(15)20(22)23)28(24,25)18(2)3/h7-8,11,13H,4-6,9-10H2,1-3H3,(H,17,21)/t13-/m1/s1. The highest BCUT2D eigenvalue weighted by molar-refractivity contribution is 7.89. The molecule has 1 aliphatic heterocycles. The van der Waals surface area contributed by atoms with Crippen LogP contribution in [-0.2, 0) is 24.8 Å². The van der Waals surface area contributed by atoms with E-state index in [4.69, 9.17) is 0 Å². The first-order valence-corrected chi connectivity index (χ1v) is 11.8. The molecule has 11 nitrogen and oxygen atoms in total. The van der Waals surface area contributed by atoms with Gasteiger partial charge in [0.05, 0.1) is 9.82 Å². The van der Waals surface area contributed by atoms with E-state index in [-0.39, 0.29) is 6.54 Å². The number of nitrogens with one attached hydrogen (secondary N) is 1. The van der Waals surface area contributed by atoms with Gasteiger partial charge in [0, 0.05) is 33.3 Å². The zero-order chi connectivity index (χ0) is 22.0. The smallest absolute Gasteiger partial charge is 0.290 e. The van der Waals surface area contributed by atoms with E-state index in [0.29, 0.717) is 25.8 Å². The second kappa shape index (κ2) is 8.73. The SMILES string of the molecule is CCCNC(=O)[C@H]1CCCN1S(=O)(=O)c1ccc(S(=O)(=O)N(C)C)cc1[N+](=O)[O-]. The maximum Gasteiger partial charge on any atom is 0.290 e. The summed E-state index contributed by atoms with van der Waals surface area (Å²) in [5.41, 5.74) is -0.854. The molecule has 0 radical (unpaired) electrons. The molecule has 13 heteroatoms. The highest BCUT2D eigenvalue weighted by Gasteiger charge is 2.42. The first-order valence-electron chi connectivity index (χ1n) is 8.95. The lowest BCUT2D eigenvalue weighted by atomic mass is 10.2. The Labute approximate surface area is 169 Å². The normalized spacial score (nSPS) is 18.1. The molecule has 0 aliphatic carbocycles. The van der Waals surface area contributed by atoms with Crippen molar-refractivity contribution in [2.75, 3.05) is 27.2 Å². The quantitative estimate of drug-likeness (QED) is 0.450. The third-order valence-electron chi connectivity index (χ3n) is 4.55. The fourth-order valence-corrected chi connectivity index (χ4v) is 5.73. The van der Waals surface area contributed by atoms with Crippen LogP contribution < -0.4 is 5.32 Å². The Bertz CT molecular complexity index is 1010. The van der Waals surface area contributed by atoms with Crippen molar-refractivity contribution in [3.63, 3.8) is 0 Å². The lowest BCUT2D eigenvalue weighted by molar-refractivity contribution is -0.388. The van der Waals surface area contributed by atoms with E-state index >= 15 is 0 Å². The zero-order valence-corrected chi connectivity index (χ0v) is 18.0. The van der Waals surface area contributed by atoms with Gasteiger partial charge in [0.25, 0.3) is 15.7 Å². The number of nitrogens with zero attached hydrogens (tertiary/aromatic N) is 3. The van der Waals surface area contributed by atoms with Crippen LogP contribution in [0.2, 0.25) is 0 Å². The number of nitro groups is 1. The largest absolute Gasteiger partial charge is 0.355 e. The average molecular weight is 449 g/mol. The van der Waals surface area contributed by atoms with Crippen molar-refractivity contribution in [2.45, 2.75) is 42.0 Å². The van der Waals surface area contributed by atoms with E-state index in [0.717, 1.165) is 26.8 Å². The average Bonchev–Trinajstić information content (AvgIpc) is 3.16. The molecular formula is C16H24N4O7S2. The van der Waals surface area contributed by atoms with Crippen LogP contribution in [0.3, 0.4) is 0 Å². The van der Waals surface area contributed by atoms with Crippen molar-refractivity contribution in [3.8, 4) is 0 Å². The van der Waals surface area contributed by atoms with Gasteiger partial charge in [-0.2, -0.15) is 4.31 Å². The van der Waals surface area contributed by atoms with Crippen LogP contribution >= 0.6 is 0 Å². The Morgan fingerprint density at radius 3 is 2.52 bits per heavy atom. The van der Waals surface area contributed by atoms with Crippen LogP contribution in [0.15, 0.2) is 28.0 Å². The fourth-order valence-electron chi connectivity index (χ4n) is 3.01. The number of benzene rings is 1. The van der Waals surface area contributed by atoms with E-state index in [1.165, 1.54) is 14.1 Å². The van der Waals surface area contributed by atoms with E-state index < -0.39 is 52.4 Å². The molecule has 1 aliphatic rings.